The summed E-state index contributed by atoms with van der Waals surface area (Å²) in [5.41, 5.74) is 4.47. The fraction of sp³-hybridized carbons (Fsp3) is 0.0769. The Morgan fingerprint density at radius 1 is 0.651 bits per heavy atom. The molecule has 0 saturated heterocycles. The summed E-state index contributed by atoms with van der Waals surface area (Å²) in [6, 6.07) is 37.3. The molecular weight excluding hydrogens is 705 g/mol. The van der Waals surface area contributed by atoms with E-state index in [-0.39, 0.29) is 36.8 Å². The Morgan fingerprint density at radius 2 is 1.47 bits per heavy atom. The Bertz CT molecular complexity index is 2480. The summed E-state index contributed by atoms with van der Waals surface area (Å²) in [5.74, 6) is 0. The number of furan rings is 1. The summed E-state index contributed by atoms with van der Waals surface area (Å²) < 4.78 is 73.3. The Labute approximate surface area is 277 Å². The van der Waals surface area contributed by atoms with Crippen LogP contribution in [-0.2, 0) is 20.1 Å². The van der Waals surface area contributed by atoms with Gasteiger partial charge in [0.1, 0.15) is 5.58 Å². The number of aryl methyl sites for hydroxylation is 3. The van der Waals surface area contributed by atoms with Crippen LogP contribution >= 0.6 is 0 Å². The molecule has 8 rings (SSSR count). The quantitative estimate of drug-likeness (QED) is 0.131. The van der Waals surface area contributed by atoms with Crippen molar-refractivity contribution in [3.63, 3.8) is 0 Å². The van der Waals surface area contributed by atoms with Crippen molar-refractivity contribution < 1.29 is 36.9 Å². The van der Waals surface area contributed by atoms with E-state index in [1.165, 1.54) is 36.7 Å². The number of nitrogens with zero attached hydrogens (tertiary/aromatic N) is 2. The van der Waals surface area contributed by atoms with Crippen molar-refractivity contribution in [2.24, 2.45) is 0 Å². The van der Waals surface area contributed by atoms with Gasteiger partial charge in [0.25, 0.3) is 0 Å². The van der Waals surface area contributed by atoms with Gasteiger partial charge in [0.05, 0.1) is 5.58 Å². The first kappa shape index (κ1) is 19.5. The fourth-order valence-corrected chi connectivity index (χ4v) is 5.18. The van der Waals surface area contributed by atoms with Crippen LogP contribution in [0.5, 0.6) is 0 Å². The third-order valence-corrected chi connectivity index (χ3v) is 7.17. The van der Waals surface area contributed by atoms with Gasteiger partial charge in [0, 0.05) is 55.6 Å². The third kappa shape index (κ3) is 5.48. The molecule has 1 radical (unpaired) electrons. The van der Waals surface area contributed by atoms with Crippen LogP contribution < -0.4 is 0 Å². The van der Waals surface area contributed by atoms with Gasteiger partial charge in [-0.25, -0.2) is 0 Å². The molecule has 4 heteroatoms. The normalized spacial score (nSPS) is 14.9. The zero-order valence-electron chi connectivity index (χ0n) is 31.6. The van der Waals surface area contributed by atoms with Crippen LogP contribution in [0.3, 0.4) is 0 Å². The second-order valence-corrected chi connectivity index (χ2v) is 9.88. The molecule has 0 aliphatic rings. The van der Waals surface area contributed by atoms with E-state index in [9.17, 15) is 0 Å². The van der Waals surface area contributed by atoms with Gasteiger partial charge in [-0.05, 0) is 52.9 Å². The summed E-state index contributed by atoms with van der Waals surface area (Å²) in [4.78, 5) is 8.49. The van der Waals surface area contributed by atoms with Gasteiger partial charge in [0.2, 0.25) is 0 Å². The summed E-state index contributed by atoms with van der Waals surface area (Å²) in [5, 5.41) is 6.44. The van der Waals surface area contributed by atoms with Crippen LogP contribution in [0.1, 0.15) is 29.0 Å². The van der Waals surface area contributed by atoms with Gasteiger partial charge >= 0.3 is 0 Å². The van der Waals surface area contributed by atoms with E-state index in [4.69, 9.17) is 16.8 Å². The second kappa shape index (κ2) is 11.9. The zero-order valence-corrected chi connectivity index (χ0v) is 25.0. The molecule has 8 aromatic rings. The predicted octanol–water partition coefficient (Wildman–Crippen LogP) is 10.2. The minimum atomic E-state index is -2.20. The largest absolute Gasteiger partial charge is 0.500 e. The van der Waals surface area contributed by atoms with Crippen LogP contribution in [0.4, 0.5) is 0 Å². The summed E-state index contributed by atoms with van der Waals surface area (Å²) in [6.07, 6.45) is 2.82. The predicted molar refractivity (Wildman–Crippen MR) is 174 cm³/mol. The van der Waals surface area contributed by atoms with Gasteiger partial charge < -0.3 is 14.4 Å². The first-order valence-electron chi connectivity index (χ1n) is 17.8. The number of hydrogen-bond donors (Lipinski definition) is 0. The van der Waals surface area contributed by atoms with Gasteiger partial charge in [-0.2, -0.15) is 0 Å². The van der Waals surface area contributed by atoms with Gasteiger partial charge in [-0.1, -0.05) is 90.1 Å². The summed E-state index contributed by atoms with van der Waals surface area (Å²) in [6.45, 7) is -6.54. The van der Waals surface area contributed by atoms with E-state index < -0.39 is 20.6 Å². The molecule has 0 aliphatic heterocycles. The molecular formula is C39H28IrN2O-2. The molecule has 0 N–H and O–H groups in total. The smallest absolute Gasteiger partial charge is 0.129 e. The van der Waals surface area contributed by atoms with Crippen molar-refractivity contribution in [2.75, 3.05) is 0 Å². The van der Waals surface area contributed by atoms with Crippen molar-refractivity contribution >= 4 is 43.5 Å². The fourth-order valence-electron chi connectivity index (χ4n) is 5.18. The maximum atomic E-state index is 7.72. The zero-order chi connectivity index (χ0) is 36.1. The number of rotatable bonds is 2. The Morgan fingerprint density at radius 3 is 2.28 bits per heavy atom. The molecule has 3 aromatic heterocycles. The monoisotopic (exact) mass is 742 g/mol. The van der Waals surface area contributed by atoms with E-state index in [0.29, 0.717) is 28.1 Å². The Hall–Kier alpha value is -4.63. The Kier molecular flexibility index (Phi) is 5.42. The van der Waals surface area contributed by atoms with E-state index in [1.807, 2.05) is 24.3 Å². The number of hydrogen-bond acceptors (Lipinski definition) is 3. The molecule has 0 bridgehead atoms. The third-order valence-electron chi connectivity index (χ3n) is 7.17. The van der Waals surface area contributed by atoms with Gasteiger partial charge in [-0.15, -0.1) is 53.6 Å². The van der Waals surface area contributed by atoms with Gasteiger partial charge in [-0.3, -0.25) is 0 Å². The average molecular weight is 742 g/mol. The van der Waals surface area contributed by atoms with E-state index in [1.54, 1.807) is 18.2 Å². The molecule has 0 unspecified atom stereocenters. The van der Waals surface area contributed by atoms with E-state index in [2.05, 4.69) is 58.5 Å². The number of benzene rings is 5. The van der Waals surface area contributed by atoms with Crippen molar-refractivity contribution in [1.29, 1.82) is 0 Å². The standard InChI is InChI=1S/C26H16NO.C13H12N.Ir/c1-16-13-14-27-23(15-16)22-8-4-7-20-21-12-11-18-10-9-17-5-2-3-6-19(17)24(18)26(21)28-25(20)22;1-10-3-6-12(7-4-10)13-8-5-11(2)9-14-13;/h2-7,9-15H,1H3;3-6,8-9H,1-2H3;/q2*-1;/i1D3;1D3,2D3;. The van der Waals surface area contributed by atoms with Crippen LogP contribution in [0.2, 0.25) is 0 Å². The van der Waals surface area contributed by atoms with Crippen molar-refractivity contribution in [3.05, 3.63) is 144 Å². The first-order valence-corrected chi connectivity index (χ1v) is 13.3. The maximum absolute atomic E-state index is 7.72. The van der Waals surface area contributed by atoms with Crippen LogP contribution in [0.15, 0.2) is 120 Å². The molecule has 0 atom stereocenters. The van der Waals surface area contributed by atoms with Crippen LogP contribution in [-0.4, -0.2) is 9.97 Å². The van der Waals surface area contributed by atoms with Crippen molar-refractivity contribution in [2.45, 2.75) is 20.6 Å². The second-order valence-electron chi connectivity index (χ2n) is 9.88. The molecule has 0 aliphatic carbocycles. The minimum absolute atomic E-state index is 0. The van der Waals surface area contributed by atoms with E-state index in [0.717, 1.165) is 37.9 Å². The number of pyridine rings is 2. The molecule has 5 aromatic carbocycles. The topological polar surface area (TPSA) is 38.9 Å². The number of aromatic nitrogens is 2. The van der Waals surface area contributed by atoms with Gasteiger partial charge in [0.15, 0.2) is 0 Å². The van der Waals surface area contributed by atoms with Crippen LogP contribution in [0, 0.1) is 32.7 Å². The Balaban J connectivity index is 0.000000193. The molecule has 0 fully saturated rings. The number of fused-ring (bicyclic) bond motifs is 7. The van der Waals surface area contributed by atoms with Crippen LogP contribution in [0.25, 0.3) is 66.0 Å². The summed E-state index contributed by atoms with van der Waals surface area (Å²) >= 11 is 0. The van der Waals surface area contributed by atoms with E-state index >= 15 is 0 Å². The maximum Gasteiger partial charge on any atom is 0.129 e. The first-order chi connectivity index (χ1) is 24.2. The minimum Gasteiger partial charge on any atom is -0.500 e. The van der Waals surface area contributed by atoms with Crippen molar-refractivity contribution in [1.82, 2.24) is 9.97 Å². The molecule has 3 heterocycles. The molecule has 0 amide bonds. The molecule has 43 heavy (non-hydrogen) atoms. The SMILES string of the molecule is [2H]C([2H])([2H])c1c[c-]c(-c2ccc(C([2H])([2H])[2H])cn2)cc1.[2H]C([2H])([2H])c1ccnc(-c2[c-]ccc3c2oc2c3ccc3ccc4ccccc4c32)c1.[Ir]. The van der Waals surface area contributed by atoms with Crippen molar-refractivity contribution in [3.8, 4) is 22.5 Å². The molecule has 3 nitrogen and oxygen atoms in total. The average Bonchev–Trinajstić information content (AvgIpc) is 3.50. The summed E-state index contributed by atoms with van der Waals surface area (Å²) in [7, 11) is 0. The molecule has 0 spiro atoms. The molecule has 0 saturated carbocycles. The molecule has 211 valence electrons.